The van der Waals surface area contributed by atoms with Crippen LogP contribution in [0.2, 0.25) is 0 Å². The molecule has 0 amide bonds. The molecule has 1 N–H and O–H groups in total. The number of hydrogen-bond acceptors (Lipinski definition) is 4. The Morgan fingerprint density at radius 1 is 1.37 bits per heavy atom. The van der Waals surface area contributed by atoms with Crippen molar-refractivity contribution < 1.29 is 9.90 Å². The van der Waals surface area contributed by atoms with E-state index in [1.165, 1.54) is 0 Å². The molecule has 0 saturated heterocycles. The van der Waals surface area contributed by atoms with E-state index in [0.717, 1.165) is 34.0 Å². The Morgan fingerprint density at radius 2 is 2.11 bits per heavy atom. The molecule has 0 aliphatic carbocycles. The molecule has 0 aromatic carbocycles. The highest BCUT2D eigenvalue weighted by Crippen LogP contribution is 2.28. The molecule has 3 rings (SSSR count). The first kappa shape index (κ1) is 11.9. The quantitative estimate of drug-likeness (QED) is 0.778. The molecule has 0 aliphatic heterocycles. The number of carboxylic acid groups (broad SMARTS) is 1. The highest BCUT2D eigenvalue weighted by molar-refractivity contribution is 7.18. The SMILES string of the molecule is Cc1nn(C)c(C)c1-c1cn2cc(C(=O)O)sc2n1. The summed E-state index contributed by atoms with van der Waals surface area (Å²) in [5, 5.41) is 13.3. The first-order chi connectivity index (χ1) is 8.97. The summed E-state index contributed by atoms with van der Waals surface area (Å²) in [5.41, 5.74) is 3.80. The standard InChI is InChI=1S/C12H12N4O2S/c1-6-10(7(2)15(3)14-6)8-4-16-5-9(11(17)18)19-12(16)13-8/h4-5H,1-3H3,(H,17,18). The van der Waals surface area contributed by atoms with Gasteiger partial charge < -0.3 is 5.11 Å². The summed E-state index contributed by atoms with van der Waals surface area (Å²) in [7, 11) is 1.90. The van der Waals surface area contributed by atoms with Crippen molar-refractivity contribution in [2.24, 2.45) is 7.05 Å². The minimum Gasteiger partial charge on any atom is -0.477 e. The average Bonchev–Trinajstić information content (AvgIpc) is 2.92. The highest BCUT2D eigenvalue weighted by atomic mass is 32.1. The van der Waals surface area contributed by atoms with Gasteiger partial charge in [0.05, 0.1) is 11.4 Å². The van der Waals surface area contributed by atoms with Crippen molar-refractivity contribution in [1.29, 1.82) is 0 Å². The van der Waals surface area contributed by atoms with Crippen LogP contribution in [0.15, 0.2) is 12.4 Å². The van der Waals surface area contributed by atoms with E-state index < -0.39 is 5.97 Å². The number of rotatable bonds is 2. The van der Waals surface area contributed by atoms with Crippen molar-refractivity contribution in [2.75, 3.05) is 0 Å². The Bertz CT molecular complexity index is 765. The summed E-state index contributed by atoms with van der Waals surface area (Å²) in [5.74, 6) is -0.925. The Hall–Kier alpha value is -2.15. The maximum atomic E-state index is 10.9. The molecule has 0 aliphatic rings. The van der Waals surface area contributed by atoms with Gasteiger partial charge in [0.25, 0.3) is 0 Å². The van der Waals surface area contributed by atoms with Gasteiger partial charge in [-0.25, -0.2) is 9.78 Å². The van der Waals surface area contributed by atoms with E-state index >= 15 is 0 Å². The lowest BCUT2D eigenvalue weighted by atomic mass is 10.1. The lowest BCUT2D eigenvalue weighted by Crippen LogP contribution is -1.92. The third-order valence-electron chi connectivity index (χ3n) is 3.13. The molecule has 7 heteroatoms. The maximum Gasteiger partial charge on any atom is 0.347 e. The van der Waals surface area contributed by atoms with Crippen molar-refractivity contribution in [1.82, 2.24) is 19.2 Å². The average molecular weight is 276 g/mol. The van der Waals surface area contributed by atoms with E-state index in [4.69, 9.17) is 5.11 Å². The van der Waals surface area contributed by atoms with Gasteiger partial charge in [0, 0.05) is 30.7 Å². The molecule has 3 aromatic heterocycles. The van der Waals surface area contributed by atoms with E-state index in [1.54, 1.807) is 10.6 Å². The summed E-state index contributed by atoms with van der Waals surface area (Å²) < 4.78 is 3.57. The molecule has 0 fully saturated rings. The predicted molar refractivity (Wildman–Crippen MR) is 71.7 cm³/mol. The molecule has 6 nitrogen and oxygen atoms in total. The summed E-state index contributed by atoms with van der Waals surface area (Å²) in [6.45, 7) is 3.93. The van der Waals surface area contributed by atoms with Crippen LogP contribution in [0.25, 0.3) is 16.2 Å². The number of aromatic carboxylic acids is 1. The first-order valence-electron chi connectivity index (χ1n) is 5.69. The molecule has 0 spiro atoms. The molecule has 0 atom stereocenters. The van der Waals surface area contributed by atoms with E-state index in [2.05, 4.69) is 10.1 Å². The van der Waals surface area contributed by atoms with Crippen LogP contribution in [-0.4, -0.2) is 30.2 Å². The summed E-state index contributed by atoms with van der Waals surface area (Å²) in [6.07, 6.45) is 3.43. The zero-order valence-corrected chi connectivity index (χ0v) is 11.5. The molecular formula is C12H12N4O2S. The second-order valence-electron chi connectivity index (χ2n) is 4.39. The number of imidazole rings is 1. The van der Waals surface area contributed by atoms with Gasteiger partial charge in [0.1, 0.15) is 4.88 Å². The van der Waals surface area contributed by atoms with Gasteiger partial charge in [-0.05, 0) is 13.8 Å². The van der Waals surface area contributed by atoms with E-state index in [1.807, 2.05) is 31.8 Å². The molecule has 0 unspecified atom stereocenters. The number of hydrogen-bond donors (Lipinski definition) is 1. The van der Waals surface area contributed by atoms with Gasteiger partial charge in [0.15, 0.2) is 4.96 Å². The fourth-order valence-electron chi connectivity index (χ4n) is 2.16. The Morgan fingerprint density at radius 3 is 2.63 bits per heavy atom. The van der Waals surface area contributed by atoms with Crippen LogP contribution >= 0.6 is 11.3 Å². The second kappa shape index (κ2) is 3.92. The van der Waals surface area contributed by atoms with Crippen molar-refractivity contribution >= 4 is 22.3 Å². The van der Waals surface area contributed by atoms with Crippen molar-refractivity contribution in [3.8, 4) is 11.3 Å². The van der Waals surface area contributed by atoms with Gasteiger partial charge in [-0.2, -0.15) is 5.10 Å². The number of carbonyl (C=O) groups is 1. The molecule has 3 aromatic rings. The number of aryl methyl sites for hydroxylation is 2. The molecule has 0 radical (unpaired) electrons. The van der Waals surface area contributed by atoms with Crippen LogP contribution in [0.1, 0.15) is 21.1 Å². The van der Waals surface area contributed by atoms with Crippen LogP contribution in [0.3, 0.4) is 0 Å². The Kier molecular flexibility index (Phi) is 2.46. The summed E-state index contributed by atoms with van der Waals surface area (Å²) in [6, 6.07) is 0. The second-order valence-corrected chi connectivity index (χ2v) is 5.40. The normalized spacial score (nSPS) is 11.3. The number of carboxylic acids is 1. The maximum absolute atomic E-state index is 10.9. The van der Waals surface area contributed by atoms with Crippen molar-refractivity contribution in [3.05, 3.63) is 28.7 Å². The fraction of sp³-hybridized carbons (Fsp3) is 0.250. The van der Waals surface area contributed by atoms with E-state index in [-0.39, 0.29) is 4.88 Å². The van der Waals surface area contributed by atoms with Gasteiger partial charge in [-0.1, -0.05) is 11.3 Å². The summed E-state index contributed by atoms with van der Waals surface area (Å²) in [4.78, 5) is 16.3. The molecule has 3 heterocycles. The van der Waals surface area contributed by atoms with E-state index in [9.17, 15) is 4.79 Å². The Balaban J connectivity index is 2.16. The smallest absolute Gasteiger partial charge is 0.347 e. The molecule has 98 valence electrons. The molecular weight excluding hydrogens is 264 g/mol. The zero-order chi connectivity index (χ0) is 13.7. The van der Waals surface area contributed by atoms with Crippen molar-refractivity contribution in [3.63, 3.8) is 0 Å². The molecule has 0 bridgehead atoms. The molecule has 0 saturated carbocycles. The van der Waals surface area contributed by atoms with Gasteiger partial charge in [-0.15, -0.1) is 0 Å². The van der Waals surface area contributed by atoms with Gasteiger partial charge in [-0.3, -0.25) is 9.08 Å². The topological polar surface area (TPSA) is 72.4 Å². The van der Waals surface area contributed by atoms with Crippen LogP contribution in [-0.2, 0) is 7.05 Å². The number of fused-ring (bicyclic) bond motifs is 1. The number of aromatic nitrogens is 4. The Labute approximate surface area is 112 Å². The predicted octanol–water partition coefficient (Wildman–Crippen LogP) is 2.11. The third kappa shape index (κ3) is 1.74. The van der Waals surface area contributed by atoms with Crippen LogP contribution in [0.4, 0.5) is 0 Å². The minimum absolute atomic E-state index is 0.286. The van der Waals surface area contributed by atoms with Gasteiger partial charge >= 0.3 is 5.97 Å². The summed E-state index contributed by atoms with van der Waals surface area (Å²) >= 11 is 1.16. The highest BCUT2D eigenvalue weighted by Gasteiger charge is 2.17. The zero-order valence-electron chi connectivity index (χ0n) is 10.7. The number of nitrogens with zero attached hydrogens (tertiary/aromatic N) is 4. The fourth-order valence-corrected chi connectivity index (χ4v) is 2.96. The van der Waals surface area contributed by atoms with Crippen LogP contribution in [0.5, 0.6) is 0 Å². The largest absolute Gasteiger partial charge is 0.477 e. The lowest BCUT2D eigenvalue weighted by Gasteiger charge is -1.96. The van der Waals surface area contributed by atoms with E-state index in [0.29, 0.717) is 4.96 Å². The minimum atomic E-state index is -0.925. The van der Waals surface area contributed by atoms with Crippen LogP contribution < -0.4 is 0 Å². The van der Waals surface area contributed by atoms with Crippen LogP contribution in [0, 0.1) is 13.8 Å². The lowest BCUT2D eigenvalue weighted by molar-refractivity contribution is 0.0702. The third-order valence-corrected chi connectivity index (χ3v) is 4.12. The molecule has 19 heavy (non-hydrogen) atoms. The van der Waals surface area contributed by atoms with Crippen molar-refractivity contribution in [2.45, 2.75) is 13.8 Å². The van der Waals surface area contributed by atoms with Gasteiger partial charge in [0.2, 0.25) is 0 Å². The monoisotopic (exact) mass is 276 g/mol. The number of thiazole rings is 1. The first-order valence-corrected chi connectivity index (χ1v) is 6.51.